The van der Waals surface area contributed by atoms with Gasteiger partial charge in [-0.2, -0.15) is 0 Å². The third-order valence-electron chi connectivity index (χ3n) is 4.79. The number of aliphatic hydroxyl groups is 1. The van der Waals surface area contributed by atoms with E-state index in [9.17, 15) is 14.1 Å². The second-order valence-electron chi connectivity index (χ2n) is 7.46. The maximum absolute atomic E-state index is 12.8. The first-order valence-corrected chi connectivity index (χ1v) is 11.4. The average molecular weight is 423 g/mol. The van der Waals surface area contributed by atoms with E-state index in [0.717, 1.165) is 48.1 Å². The lowest BCUT2D eigenvalue weighted by molar-refractivity contribution is 0.0783. The molecule has 1 aliphatic carbocycles. The molecule has 150 valence electrons. The minimum absolute atomic E-state index is 0.138. The molecule has 10 heteroatoms. The molecule has 2 aromatic rings. The average Bonchev–Trinajstić information content (AvgIpc) is 3.33. The van der Waals surface area contributed by atoms with E-state index in [0.29, 0.717) is 23.1 Å². The number of amides is 2. The number of rotatable bonds is 3. The Morgan fingerprint density at radius 2 is 2.18 bits per heavy atom. The Morgan fingerprint density at radius 1 is 1.39 bits per heavy atom. The summed E-state index contributed by atoms with van der Waals surface area (Å²) < 4.78 is 22.4. The standard InChI is InChI=1S/C18H22N4O4S2/c1-18(2,24)16-20-9-13(27-16)28(19,25)22-17(23)21-14-12-5-3-4-10(12)8-11-6-7-26-15(11)14/h8-9,24H,3-7H2,1-2H3,(H3,19,21,22,23,25)/t28-/m1/s1. The van der Waals surface area contributed by atoms with Crippen LogP contribution < -0.4 is 15.2 Å². The Kier molecular flexibility index (Phi) is 4.69. The molecule has 2 aliphatic rings. The van der Waals surface area contributed by atoms with Crippen molar-refractivity contribution in [2.45, 2.75) is 49.3 Å². The van der Waals surface area contributed by atoms with E-state index in [4.69, 9.17) is 9.88 Å². The zero-order valence-electron chi connectivity index (χ0n) is 15.7. The van der Waals surface area contributed by atoms with Gasteiger partial charge in [0, 0.05) is 6.42 Å². The van der Waals surface area contributed by atoms with Gasteiger partial charge >= 0.3 is 6.03 Å². The van der Waals surface area contributed by atoms with Crippen molar-refractivity contribution in [1.82, 2.24) is 4.98 Å². The summed E-state index contributed by atoms with van der Waals surface area (Å²) in [6, 6.07) is 1.36. The Morgan fingerprint density at radius 3 is 2.89 bits per heavy atom. The summed E-state index contributed by atoms with van der Waals surface area (Å²) in [5, 5.41) is 18.9. The van der Waals surface area contributed by atoms with E-state index in [1.807, 2.05) is 0 Å². The van der Waals surface area contributed by atoms with Crippen molar-refractivity contribution in [3.05, 3.63) is 34.0 Å². The lowest BCUT2D eigenvalue weighted by Gasteiger charge is -2.14. The molecule has 2 heterocycles. The number of nitrogens with zero attached hydrogens (tertiary/aromatic N) is 2. The Bertz CT molecular complexity index is 1050. The number of nitrogens with one attached hydrogen (secondary N) is 1. The summed E-state index contributed by atoms with van der Waals surface area (Å²) in [6.07, 6.45) is 4.93. The van der Waals surface area contributed by atoms with Gasteiger partial charge in [-0.25, -0.2) is 19.1 Å². The van der Waals surface area contributed by atoms with Crippen LogP contribution in [0.5, 0.6) is 5.75 Å². The number of thiazole rings is 1. The van der Waals surface area contributed by atoms with Gasteiger partial charge in [-0.05, 0) is 49.8 Å². The number of carbonyl (C=O) groups excluding carboxylic acids is 1. The van der Waals surface area contributed by atoms with Crippen molar-refractivity contribution >= 4 is 33.0 Å². The molecule has 1 aromatic heterocycles. The summed E-state index contributed by atoms with van der Waals surface area (Å²) in [6.45, 7) is 3.70. The van der Waals surface area contributed by atoms with Gasteiger partial charge in [-0.1, -0.05) is 6.07 Å². The Hall–Kier alpha value is -2.01. The molecule has 1 aliphatic heterocycles. The Balaban J connectivity index is 1.65. The fourth-order valence-corrected chi connectivity index (χ4v) is 5.57. The fraction of sp³-hybridized carbons (Fsp3) is 0.444. The molecule has 1 aromatic carbocycles. The number of nitrogens with two attached hydrogens (primary N) is 1. The van der Waals surface area contributed by atoms with E-state index in [1.54, 1.807) is 13.8 Å². The molecule has 0 saturated heterocycles. The summed E-state index contributed by atoms with van der Waals surface area (Å²) in [4.78, 5) is 16.6. The van der Waals surface area contributed by atoms with E-state index >= 15 is 0 Å². The van der Waals surface area contributed by atoms with Gasteiger partial charge in [0.2, 0.25) is 0 Å². The highest BCUT2D eigenvalue weighted by atomic mass is 32.2. The van der Waals surface area contributed by atoms with Gasteiger partial charge in [-0.3, -0.25) is 0 Å². The molecular weight excluding hydrogens is 400 g/mol. The van der Waals surface area contributed by atoms with Crippen LogP contribution in [0, 0.1) is 0 Å². The van der Waals surface area contributed by atoms with Crippen molar-refractivity contribution in [2.75, 3.05) is 11.9 Å². The number of urea groups is 1. The van der Waals surface area contributed by atoms with Crippen LogP contribution in [-0.4, -0.2) is 26.9 Å². The first kappa shape index (κ1) is 19.3. The molecule has 28 heavy (non-hydrogen) atoms. The van der Waals surface area contributed by atoms with Crippen LogP contribution in [0.25, 0.3) is 0 Å². The first-order valence-electron chi connectivity index (χ1n) is 9.00. The summed E-state index contributed by atoms with van der Waals surface area (Å²) in [5.41, 5.74) is 2.76. The molecule has 4 N–H and O–H groups in total. The number of ether oxygens (including phenoxy) is 1. The van der Waals surface area contributed by atoms with E-state index in [2.05, 4.69) is 20.7 Å². The second-order valence-corrected chi connectivity index (χ2v) is 10.5. The van der Waals surface area contributed by atoms with Crippen LogP contribution in [0.15, 0.2) is 20.8 Å². The number of aromatic nitrogens is 1. The molecule has 0 spiro atoms. The zero-order chi connectivity index (χ0) is 20.1. The van der Waals surface area contributed by atoms with E-state index in [1.165, 1.54) is 11.8 Å². The molecule has 0 bridgehead atoms. The van der Waals surface area contributed by atoms with Crippen molar-refractivity contribution in [3.63, 3.8) is 0 Å². The highest BCUT2D eigenvalue weighted by Crippen LogP contribution is 2.42. The Labute approximate surface area is 167 Å². The maximum Gasteiger partial charge on any atom is 0.355 e. The number of carbonyl (C=O) groups is 1. The normalized spacial score (nSPS) is 17.4. The topological polar surface area (TPSA) is 127 Å². The monoisotopic (exact) mass is 422 g/mol. The molecule has 0 fully saturated rings. The largest absolute Gasteiger partial charge is 0.491 e. The minimum atomic E-state index is -3.48. The smallest absolute Gasteiger partial charge is 0.355 e. The molecule has 1 atom stereocenters. The zero-order valence-corrected chi connectivity index (χ0v) is 17.3. The van der Waals surface area contributed by atoms with Gasteiger partial charge in [0.15, 0.2) is 9.92 Å². The maximum atomic E-state index is 12.8. The third kappa shape index (κ3) is 3.52. The quantitative estimate of drug-likeness (QED) is 0.701. The second kappa shape index (κ2) is 6.80. The number of anilines is 1. The third-order valence-corrected chi connectivity index (χ3v) is 7.98. The molecule has 0 saturated carbocycles. The predicted molar refractivity (Wildman–Crippen MR) is 107 cm³/mol. The first-order chi connectivity index (χ1) is 13.1. The summed E-state index contributed by atoms with van der Waals surface area (Å²) in [7, 11) is -3.48. The van der Waals surface area contributed by atoms with Crippen molar-refractivity contribution in [3.8, 4) is 5.75 Å². The van der Waals surface area contributed by atoms with Crippen molar-refractivity contribution in [1.29, 1.82) is 0 Å². The minimum Gasteiger partial charge on any atom is -0.491 e. The fourth-order valence-electron chi connectivity index (χ4n) is 3.51. The summed E-state index contributed by atoms with van der Waals surface area (Å²) in [5.74, 6) is 0.676. The highest BCUT2D eigenvalue weighted by Gasteiger charge is 2.27. The van der Waals surface area contributed by atoms with Crippen LogP contribution in [0.1, 0.15) is 42.0 Å². The van der Waals surface area contributed by atoms with Crippen LogP contribution in [0.4, 0.5) is 10.5 Å². The van der Waals surface area contributed by atoms with Crippen LogP contribution >= 0.6 is 11.3 Å². The van der Waals surface area contributed by atoms with Crippen LogP contribution in [0.3, 0.4) is 0 Å². The molecule has 4 rings (SSSR count). The van der Waals surface area contributed by atoms with Gasteiger partial charge in [0.05, 0.1) is 18.5 Å². The van der Waals surface area contributed by atoms with Crippen LogP contribution in [-0.2, 0) is 34.8 Å². The van der Waals surface area contributed by atoms with Crippen LogP contribution in [0.2, 0.25) is 0 Å². The number of hydrogen-bond donors (Lipinski definition) is 3. The SMILES string of the molecule is CC(C)(O)c1ncc([S@](N)(=O)=NC(=O)Nc2c3c(cc4c2OCC4)CCC3)s1. The lowest BCUT2D eigenvalue weighted by atomic mass is 10.0. The van der Waals surface area contributed by atoms with Gasteiger partial charge in [0.25, 0.3) is 0 Å². The number of fused-ring (bicyclic) bond motifs is 2. The lowest BCUT2D eigenvalue weighted by Crippen LogP contribution is -2.18. The number of aryl methyl sites for hydroxylation is 1. The highest BCUT2D eigenvalue weighted by molar-refractivity contribution is 7.93. The van der Waals surface area contributed by atoms with Crippen molar-refractivity contribution in [2.24, 2.45) is 9.50 Å². The van der Waals surface area contributed by atoms with Gasteiger partial charge < -0.3 is 15.2 Å². The molecule has 2 amide bonds. The molecular formula is C18H22N4O4S2. The molecule has 0 unspecified atom stereocenters. The van der Waals surface area contributed by atoms with Gasteiger partial charge in [0.1, 0.15) is 20.6 Å². The molecule has 0 radical (unpaired) electrons. The number of hydrogen-bond acceptors (Lipinski definition) is 6. The summed E-state index contributed by atoms with van der Waals surface area (Å²) >= 11 is 0.975. The predicted octanol–water partition coefficient (Wildman–Crippen LogP) is 2.73. The van der Waals surface area contributed by atoms with E-state index in [-0.39, 0.29) is 4.21 Å². The molecule has 8 nitrogen and oxygen atoms in total. The number of benzene rings is 1. The van der Waals surface area contributed by atoms with Crippen molar-refractivity contribution < 1.29 is 18.8 Å². The van der Waals surface area contributed by atoms with Gasteiger partial charge in [-0.15, -0.1) is 15.7 Å². The van der Waals surface area contributed by atoms with E-state index < -0.39 is 21.5 Å².